The minimum atomic E-state index is -0.202. The van der Waals surface area contributed by atoms with Crippen LogP contribution in [0.3, 0.4) is 0 Å². The molecule has 0 radical (unpaired) electrons. The Hall–Kier alpha value is -3.10. The lowest BCUT2D eigenvalue weighted by atomic mass is 10.0. The third-order valence-corrected chi connectivity index (χ3v) is 3.76. The van der Waals surface area contributed by atoms with Gasteiger partial charge in [-0.15, -0.1) is 0 Å². The van der Waals surface area contributed by atoms with Crippen LogP contribution in [-0.4, -0.2) is 10.1 Å². The van der Waals surface area contributed by atoms with E-state index in [2.05, 4.69) is 17.1 Å². The maximum absolute atomic E-state index is 9.41. The fourth-order valence-corrected chi connectivity index (χ4v) is 2.75. The third-order valence-electron chi connectivity index (χ3n) is 3.76. The van der Waals surface area contributed by atoms with Gasteiger partial charge >= 0.3 is 0 Å². The van der Waals surface area contributed by atoms with Crippen LogP contribution in [0, 0.1) is 25.2 Å². The summed E-state index contributed by atoms with van der Waals surface area (Å²) in [7, 11) is 0. The summed E-state index contributed by atoms with van der Waals surface area (Å²) in [5.74, 6) is 1.07. The molecule has 0 amide bonds. The Balaban J connectivity index is 2.21. The summed E-state index contributed by atoms with van der Waals surface area (Å²) in [6.45, 7) is 3.83. The number of nitrogens with zero attached hydrogens (tertiary/aromatic N) is 2. The van der Waals surface area contributed by atoms with Gasteiger partial charge in [-0.1, -0.05) is 17.2 Å². The van der Waals surface area contributed by atoms with E-state index in [1.807, 2.05) is 26.0 Å². The fraction of sp³-hybridized carbons (Fsp3) is 0.158. The normalized spacial score (nSPS) is 10.6. The highest BCUT2D eigenvalue weighted by atomic mass is 16.4. The molecule has 3 rings (SSSR count). The summed E-state index contributed by atoms with van der Waals surface area (Å²) >= 11 is 0. The second-order valence-electron chi connectivity index (χ2n) is 5.73. The van der Waals surface area contributed by atoms with E-state index in [1.54, 1.807) is 18.2 Å². The zero-order chi connectivity index (χ0) is 17.3. The highest BCUT2D eigenvalue weighted by Crippen LogP contribution is 2.32. The second-order valence-corrected chi connectivity index (χ2v) is 5.73. The van der Waals surface area contributed by atoms with E-state index in [0.29, 0.717) is 22.8 Å². The summed E-state index contributed by atoms with van der Waals surface area (Å²) in [5.41, 5.74) is 10.7. The van der Waals surface area contributed by atoms with Crippen molar-refractivity contribution in [3.63, 3.8) is 0 Å². The first kappa shape index (κ1) is 15.8. The molecule has 0 saturated carbocycles. The number of aryl methyl sites for hydroxylation is 2. The van der Waals surface area contributed by atoms with Crippen LogP contribution in [0.4, 0.5) is 5.82 Å². The molecule has 0 saturated heterocycles. The molecule has 0 bridgehead atoms. The van der Waals surface area contributed by atoms with Crippen LogP contribution in [0.1, 0.15) is 22.5 Å². The number of hydrogen-bond donors (Lipinski definition) is 2. The monoisotopic (exact) mass is 319 g/mol. The van der Waals surface area contributed by atoms with Crippen LogP contribution in [0.15, 0.2) is 40.8 Å². The van der Waals surface area contributed by atoms with Crippen LogP contribution in [0.5, 0.6) is 0 Å². The number of benzene rings is 1. The lowest BCUT2D eigenvalue weighted by Gasteiger charge is -2.10. The largest absolute Gasteiger partial charge is 0.459 e. The molecule has 0 unspecified atom stereocenters. The van der Waals surface area contributed by atoms with Gasteiger partial charge in [-0.05, 0) is 44.2 Å². The van der Waals surface area contributed by atoms with Crippen molar-refractivity contribution in [1.82, 2.24) is 4.98 Å². The van der Waals surface area contributed by atoms with Crippen molar-refractivity contribution in [2.75, 3.05) is 5.73 Å². The lowest BCUT2D eigenvalue weighted by Crippen LogP contribution is -1.99. The smallest absolute Gasteiger partial charge is 0.142 e. The zero-order valence-electron chi connectivity index (χ0n) is 13.5. The standard InChI is InChI=1S/C19H17N3O2/c1-11-5-12(2)7-13(6-11)17-8-15(16(9-20)19(21)22-17)18-4-3-14(10-23)24-18/h3-8,23H,10H2,1-2H3,(H2,21,22). The molecular weight excluding hydrogens is 302 g/mol. The Morgan fingerprint density at radius 1 is 1.17 bits per heavy atom. The van der Waals surface area contributed by atoms with E-state index in [4.69, 9.17) is 10.2 Å². The quantitative estimate of drug-likeness (QED) is 0.769. The van der Waals surface area contributed by atoms with Crippen molar-refractivity contribution in [2.24, 2.45) is 0 Å². The molecule has 3 aromatic rings. The van der Waals surface area contributed by atoms with Gasteiger partial charge in [-0.3, -0.25) is 0 Å². The van der Waals surface area contributed by atoms with Gasteiger partial charge in [0, 0.05) is 11.1 Å². The molecule has 0 aliphatic rings. The Bertz CT molecular complexity index is 931. The molecule has 2 heterocycles. The molecule has 0 aliphatic carbocycles. The first-order chi connectivity index (χ1) is 11.5. The fourth-order valence-electron chi connectivity index (χ4n) is 2.75. The molecule has 3 N–H and O–H groups in total. The molecule has 5 heteroatoms. The average Bonchev–Trinajstić information content (AvgIpc) is 3.02. The lowest BCUT2D eigenvalue weighted by molar-refractivity contribution is 0.248. The van der Waals surface area contributed by atoms with Crippen LogP contribution < -0.4 is 5.73 Å². The molecule has 0 fully saturated rings. The van der Waals surface area contributed by atoms with E-state index in [0.717, 1.165) is 16.7 Å². The van der Waals surface area contributed by atoms with Gasteiger partial charge in [-0.2, -0.15) is 5.26 Å². The van der Waals surface area contributed by atoms with Gasteiger partial charge in [-0.25, -0.2) is 4.98 Å². The van der Waals surface area contributed by atoms with E-state index in [1.165, 1.54) is 0 Å². The number of anilines is 1. The molecule has 0 atom stereocenters. The number of pyridine rings is 1. The number of rotatable bonds is 3. The number of nitriles is 1. The number of hydrogen-bond acceptors (Lipinski definition) is 5. The van der Waals surface area contributed by atoms with Gasteiger partial charge in [0.2, 0.25) is 0 Å². The third kappa shape index (κ3) is 2.87. The Kier molecular flexibility index (Phi) is 4.07. The molecule has 2 aromatic heterocycles. The SMILES string of the molecule is Cc1cc(C)cc(-c2cc(-c3ccc(CO)o3)c(C#N)c(N)n2)c1. The number of furan rings is 1. The molecular formula is C19H17N3O2. The summed E-state index contributed by atoms with van der Waals surface area (Å²) in [6, 6.07) is 13.4. The highest BCUT2D eigenvalue weighted by Gasteiger charge is 2.16. The zero-order valence-corrected chi connectivity index (χ0v) is 13.5. The van der Waals surface area contributed by atoms with Gasteiger partial charge in [0.1, 0.15) is 35.6 Å². The van der Waals surface area contributed by atoms with Crippen molar-refractivity contribution < 1.29 is 9.52 Å². The molecule has 5 nitrogen and oxygen atoms in total. The van der Waals surface area contributed by atoms with Crippen molar-refractivity contribution in [2.45, 2.75) is 20.5 Å². The molecule has 1 aromatic carbocycles. The van der Waals surface area contributed by atoms with Crippen LogP contribution >= 0.6 is 0 Å². The van der Waals surface area contributed by atoms with E-state index < -0.39 is 0 Å². The predicted molar refractivity (Wildman–Crippen MR) is 91.9 cm³/mol. The Morgan fingerprint density at radius 2 is 1.88 bits per heavy atom. The maximum Gasteiger partial charge on any atom is 0.142 e. The van der Waals surface area contributed by atoms with E-state index >= 15 is 0 Å². The Labute approximate surface area is 140 Å². The average molecular weight is 319 g/mol. The minimum Gasteiger partial charge on any atom is -0.459 e. The number of aliphatic hydroxyl groups is 1. The number of nitrogen functional groups attached to an aromatic ring is 1. The summed E-state index contributed by atoms with van der Waals surface area (Å²) < 4.78 is 5.57. The number of aliphatic hydroxyl groups excluding tert-OH is 1. The van der Waals surface area contributed by atoms with Crippen molar-refractivity contribution in [1.29, 1.82) is 5.26 Å². The maximum atomic E-state index is 9.41. The van der Waals surface area contributed by atoms with E-state index in [9.17, 15) is 10.4 Å². The van der Waals surface area contributed by atoms with Crippen LogP contribution in [0.2, 0.25) is 0 Å². The predicted octanol–water partition coefficient (Wildman–Crippen LogP) is 3.57. The minimum absolute atomic E-state index is 0.158. The van der Waals surface area contributed by atoms with Crippen molar-refractivity contribution in [3.05, 3.63) is 58.8 Å². The van der Waals surface area contributed by atoms with Crippen molar-refractivity contribution >= 4 is 5.82 Å². The van der Waals surface area contributed by atoms with Crippen LogP contribution in [0.25, 0.3) is 22.6 Å². The summed E-state index contributed by atoms with van der Waals surface area (Å²) in [4.78, 5) is 4.37. The van der Waals surface area contributed by atoms with Gasteiger partial charge < -0.3 is 15.3 Å². The molecule has 0 spiro atoms. The van der Waals surface area contributed by atoms with E-state index in [-0.39, 0.29) is 18.0 Å². The Morgan fingerprint density at radius 3 is 2.46 bits per heavy atom. The number of nitrogens with two attached hydrogens (primary N) is 1. The van der Waals surface area contributed by atoms with Gasteiger partial charge in [0.05, 0.1) is 5.69 Å². The number of aromatic nitrogens is 1. The first-order valence-corrected chi connectivity index (χ1v) is 7.51. The molecule has 24 heavy (non-hydrogen) atoms. The van der Waals surface area contributed by atoms with Gasteiger partial charge in [0.15, 0.2) is 0 Å². The first-order valence-electron chi connectivity index (χ1n) is 7.51. The summed E-state index contributed by atoms with van der Waals surface area (Å²) in [5, 5.41) is 18.6. The van der Waals surface area contributed by atoms with Crippen molar-refractivity contribution in [3.8, 4) is 28.7 Å². The molecule has 0 aliphatic heterocycles. The summed E-state index contributed by atoms with van der Waals surface area (Å²) in [6.07, 6.45) is 0. The van der Waals surface area contributed by atoms with Gasteiger partial charge in [0.25, 0.3) is 0 Å². The topological polar surface area (TPSA) is 96.1 Å². The highest BCUT2D eigenvalue weighted by molar-refractivity contribution is 5.78. The van der Waals surface area contributed by atoms with Crippen LogP contribution in [-0.2, 0) is 6.61 Å². The molecule has 120 valence electrons. The second kappa shape index (κ2) is 6.19.